The summed E-state index contributed by atoms with van der Waals surface area (Å²) < 4.78 is 0. The molecule has 0 unspecified atom stereocenters. The first-order chi connectivity index (χ1) is 11.1. The SMILES string of the molecule is Cc1cccc2c1N[C@@H](c1ccc(C(=O)O)cc1)[C@H]1CC=C[C@H]21. The second-order valence-electron chi connectivity index (χ2n) is 6.44. The third-order valence-electron chi connectivity index (χ3n) is 5.12. The summed E-state index contributed by atoms with van der Waals surface area (Å²) in [7, 11) is 0. The molecule has 0 amide bonds. The highest BCUT2D eigenvalue weighted by atomic mass is 16.4. The molecule has 1 aliphatic heterocycles. The van der Waals surface area contributed by atoms with Crippen LogP contribution >= 0.6 is 0 Å². The smallest absolute Gasteiger partial charge is 0.335 e. The van der Waals surface area contributed by atoms with Gasteiger partial charge in [0.05, 0.1) is 11.6 Å². The number of rotatable bonds is 2. The summed E-state index contributed by atoms with van der Waals surface area (Å²) in [6.45, 7) is 2.13. The fraction of sp³-hybridized carbons (Fsp3) is 0.250. The summed E-state index contributed by atoms with van der Waals surface area (Å²) in [4.78, 5) is 11.1. The number of carboxylic acid groups (broad SMARTS) is 1. The number of carboxylic acids is 1. The van der Waals surface area contributed by atoms with Crippen molar-refractivity contribution in [1.29, 1.82) is 0 Å². The summed E-state index contributed by atoms with van der Waals surface area (Å²) in [5.41, 5.74) is 5.35. The number of fused-ring (bicyclic) bond motifs is 3. The van der Waals surface area contributed by atoms with Crippen LogP contribution in [-0.2, 0) is 0 Å². The van der Waals surface area contributed by atoms with Crippen molar-refractivity contribution in [2.24, 2.45) is 5.92 Å². The van der Waals surface area contributed by atoms with E-state index < -0.39 is 5.97 Å². The monoisotopic (exact) mass is 305 g/mol. The molecule has 2 aliphatic rings. The van der Waals surface area contributed by atoms with Gasteiger partial charge in [-0.25, -0.2) is 4.79 Å². The molecule has 0 fully saturated rings. The highest BCUT2D eigenvalue weighted by Gasteiger charge is 2.38. The third kappa shape index (κ3) is 2.24. The normalized spacial score (nSPS) is 24.7. The van der Waals surface area contributed by atoms with E-state index in [1.807, 2.05) is 12.1 Å². The minimum atomic E-state index is -0.880. The van der Waals surface area contributed by atoms with E-state index in [0.717, 1.165) is 12.0 Å². The Balaban J connectivity index is 1.75. The Morgan fingerprint density at radius 1 is 1.17 bits per heavy atom. The van der Waals surface area contributed by atoms with Crippen molar-refractivity contribution in [1.82, 2.24) is 0 Å². The minimum Gasteiger partial charge on any atom is -0.478 e. The van der Waals surface area contributed by atoms with Crippen molar-refractivity contribution < 1.29 is 9.90 Å². The highest BCUT2D eigenvalue weighted by Crippen LogP contribution is 2.50. The number of para-hydroxylation sites is 1. The van der Waals surface area contributed by atoms with Crippen molar-refractivity contribution in [2.75, 3.05) is 5.32 Å². The summed E-state index contributed by atoms with van der Waals surface area (Å²) >= 11 is 0. The van der Waals surface area contributed by atoms with Gasteiger partial charge in [-0.15, -0.1) is 0 Å². The van der Waals surface area contributed by atoms with Crippen LogP contribution < -0.4 is 5.32 Å². The van der Waals surface area contributed by atoms with Gasteiger partial charge in [-0.2, -0.15) is 0 Å². The van der Waals surface area contributed by atoms with E-state index >= 15 is 0 Å². The molecular formula is C20H19NO2. The molecule has 0 saturated carbocycles. The molecule has 23 heavy (non-hydrogen) atoms. The zero-order valence-electron chi connectivity index (χ0n) is 13.0. The van der Waals surface area contributed by atoms with E-state index in [1.165, 1.54) is 16.8 Å². The van der Waals surface area contributed by atoms with Crippen molar-refractivity contribution in [3.8, 4) is 0 Å². The Kier molecular flexibility index (Phi) is 3.22. The van der Waals surface area contributed by atoms with Crippen LogP contribution in [0.2, 0.25) is 0 Å². The summed E-state index contributed by atoms with van der Waals surface area (Å²) in [6.07, 6.45) is 5.64. The van der Waals surface area contributed by atoms with Crippen molar-refractivity contribution in [3.63, 3.8) is 0 Å². The molecule has 0 saturated heterocycles. The molecule has 3 heteroatoms. The number of hydrogen-bond acceptors (Lipinski definition) is 2. The molecule has 1 aliphatic carbocycles. The van der Waals surface area contributed by atoms with E-state index in [1.54, 1.807) is 12.1 Å². The molecular weight excluding hydrogens is 286 g/mol. The van der Waals surface area contributed by atoms with Gasteiger partial charge in [0.25, 0.3) is 0 Å². The van der Waals surface area contributed by atoms with Gasteiger partial charge in [0.2, 0.25) is 0 Å². The average Bonchev–Trinajstić information content (AvgIpc) is 3.04. The quantitative estimate of drug-likeness (QED) is 0.802. The van der Waals surface area contributed by atoms with Crippen LogP contribution in [0.4, 0.5) is 5.69 Å². The number of nitrogens with one attached hydrogen (secondary N) is 1. The zero-order valence-corrected chi connectivity index (χ0v) is 13.0. The van der Waals surface area contributed by atoms with Crippen LogP contribution in [0.3, 0.4) is 0 Å². The molecule has 0 bridgehead atoms. The molecule has 1 heterocycles. The lowest BCUT2D eigenvalue weighted by Gasteiger charge is -2.38. The number of hydrogen-bond donors (Lipinski definition) is 2. The molecule has 3 nitrogen and oxygen atoms in total. The number of carbonyl (C=O) groups is 1. The van der Waals surface area contributed by atoms with Gasteiger partial charge in [0, 0.05) is 11.6 Å². The van der Waals surface area contributed by atoms with Gasteiger partial charge >= 0.3 is 5.97 Å². The van der Waals surface area contributed by atoms with Crippen molar-refractivity contribution in [2.45, 2.75) is 25.3 Å². The maximum Gasteiger partial charge on any atom is 0.335 e. The maximum absolute atomic E-state index is 11.1. The summed E-state index contributed by atoms with van der Waals surface area (Å²) in [6, 6.07) is 14.0. The first-order valence-corrected chi connectivity index (χ1v) is 8.01. The molecule has 3 atom stereocenters. The second-order valence-corrected chi connectivity index (χ2v) is 6.44. The number of aryl methyl sites for hydroxylation is 1. The second kappa shape index (κ2) is 5.27. The van der Waals surface area contributed by atoms with Crippen LogP contribution in [0.1, 0.15) is 45.4 Å². The zero-order chi connectivity index (χ0) is 16.0. The topological polar surface area (TPSA) is 49.3 Å². The summed E-state index contributed by atoms with van der Waals surface area (Å²) in [5, 5.41) is 12.8. The van der Waals surface area contributed by atoms with Crippen LogP contribution in [0.15, 0.2) is 54.6 Å². The van der Waals surface area contributed by atoms with Gasteiger partial charge in [-0.05, 0) is 48.1 Å². The first kappa shape index (κ1) is 14.1. The van der Waals surface area contributed by atoms with E-state index in [-0.39, 0.29) is 6.04 Å². The van der Waals surface area contributed by atoms with Gasteiger partial charge < -0.3 is 10.4 Å². The maximum atomic E-state index is 11.1. The van der Waals surface area contributed by atoms with Gasteiger partial charge in [-0.3, -0.25) is 0 Å². The Bertz CT molecular complexity index is 792. The molecule has 4 rings (SSSR count). The molecule has 2 N–H and O–H groups in total. The van der Waals surface area contributed by atoms with E-state index in [9.17, 15) is 4.79 Å². The lowest BCUT2D eigenvalue weighted by molar-refractivity contribution is 0.0697. The van der Waals surface area contributed by atoms with E-state index in [0.29, 0.717) is 17.4 Å². The van der Waals surface area contributed by atoms with E-state index in [2.05, 4.69) is 42.6 Å². The van der Waals surface area contributed by atoms with Gasteiger partial charge in [-0.1, -0.05) is 42.5 Å². The lowest BCUT2D eigenvalue weighted by Crippen LogP contribution is -2.29. The predicted molar refractivity (Wildman–Crippen MR) is 90.9 cm³/mol. The summed E-state index contributed by atoms with van der Waals surface area (Å²) in [5.74, 6) is 0.0463. The van der Waals surface area contributed by atoms with Crippen LogP contribution in [0.5, 0.6) is 0 Å². The van der Waals surface area contributed by atoms with Crippen LogP contribution in [0, 0.1) is 12.8 Å². The molecule has 2 aromatic carbocycles. The van der Waals surface area contributed by atoms with Gasteiger partial charge in [0.15, 0.2) is 0 Å². The van der Waals surface area contributed by atoms with Crippen LogP contribution in [0.25, 0.3) is 0 Å². The number of anilines is 1. The Morgan fingerprint density at radius 3 is 2.70 bits per heavy atom. The fourth-order valence-electron chi connectivity index (χ4n) is 3.94. The molecule has 0 radical (unpaired) electrons. The number of allylic oxidation sites excluding steroid dienone is 2. The highest BCUT2D eigenvalue weighted by molar-refractivity contribution is 5.87. The van der Waals surface area contributed by atoms with Gasteiger partial charge in [0.1, 0.15) is 0 Å². The molecule has 0 aromatic heterocycles. The molecule has 0 spiro atoms. The predicted octanol–water partition coefficient (Wildman–Crippen LogP) is 4.52. The largest absolute Gasteiger partial charge is 0.478 e. The standard InChI is InChI=1S/C20H19NO2/c1-12-4-2-6-16-15-5-3-7-17(15)19(21-18(12)16)13-8-10-14(11-9-13)20(22)23/h2-6,8-11,15,17,19,21H,7H2,1H3,(H,22,23)/t15-,17+,19+/m1/s1. The minimum absolute atomic E-state index is 0.214. The number of aromatic carboxylic acids is 1. The fourth-order valence-corrected chi connectivity index (χ4v) is 3.94. The van der Waals surface area contributed by atoms with Crippen LogP contribution in [-0.4, -0.2) is 11.1 Å². The first-order valence-electron chi connectivity index (χ1n) is 8.01. The average molecular weight is 305 g/mol. The number of benzene rings is 2. The lowest BCUT2D eigenvalue weighted by atomic mass is 9.76. The van der Waals surface area contributed by atoms with Crippen molar-refractivity contribution in [3.05, 3.63) is 76.9 Å². The Morgan fingerprint density at radius 2 is 1.96 bits per heavy atom. The Labute approximate surface area is 135 Å². The van der Waals surface area contributed by atoms with Crippen molar-refractivity contribution >= 4 is 11.7 Å². The third-order valence-corrected chi connectivity index (χ3v) is 5.12. The van der Waals surface area contributed by atoms with E-state index in [4.69, 9.17) is 5.11 Å². The molecule has 116 valence electrons. The Hall–Kier alpha value is -2.55. The molecule has 2 aromatic rings.